The Hall–Kier alpha value is -2.88. The largest absolute Gasteiger partial charge is 0.336 e. The highest BCUT2D eigenvalue weighted by Crippen LogP contribution is 2.28. The summed E-state index contributed by atoms with van der Waals surface area (Å²) in [4.78, 5) is 15.0. The van der Waals surface area contributed by atoms with Crippen LogP contribution in [0.15, 0.2) is 54.6 Å². The van der Waals surface area contributed by atoms with Crippen LogP contribution < -0.4 is 0 Å². The molecule has 4 heteroatoms. The van der Waals surface area contributed by atoms with Crippen LogP contribution in [0, 0.1) is 6.92 Å². The minimum absolute atomic E-state index is 0.109. The molecular weight excluding hydrogens is 346 g/mol. The minimum atomic E-state index is 0.109. The summed E-state index contributed by atoms with van der Waals surface area (Å²) in [6.45, 7) is 5.08. The lowest BCUT2D eigenvalue weighted by Gasteiger charge is -2.34. The van der Waals surface area contributed by atoms with E-state index >= 15 is 0 Å². The van der Waals surface area contributed by atoms with E-state index in [1.807, 2.05) is 52.7 Å². The van der Waals surface area contributed by atoms with Crippen molar-refractivity contribution < 1.29 is 4.79 Å². The minimum Gasteiger partial charge on any atom is -0.336 e. The average molecular weight is 374 g/mol. The van der Waals surface area contributed by atoms with Crippen LogP contribution in [0.2, 0.25) is 0 Å². The van der Waals surface area contributed by atoms with Crippen molar-refractivity contribution in [1.29, 1.82) is 0 Å². The quantitative estimate of drug-likeness (QED) is 0.596. The van der Waals surface area contributed by atoms with Gasteiger partial charge in [0.25, 0.3) is 0 Å². The highest BCUT2D eigenvalue weighted by Gasteiger charge is 2.24. The molecular formula is C24H27N3O. The summed E-state index contributed by atoms with van der Waals surface area (Å²) in [5.41, 5.74) is 5.05. The Kier molecular flexibility index (Phi) is 5.29. The molecule has 28 heavy (non-hydrogen) atoms. The number of aromatic nitrogens is 2. The molecule has 2 aromatic heterocycles. The number of hydrogen-bond acceptors (Lipinski definition) is 2. The Morgan fingerprint density at radius 3 is 2.75 bits per heavy atom. The Morgan fingerprint density at radius 2 is 1.96 bits per heavy atom. The third-order valence-electron chi connectivity index (χ3n) is 5.71. The van der Waals surface area contributed by atoms with Crippen LogP contribution in [-0.4, -0.2) is 33.0 Å². The predicted molar refractivity (Wildman–Crippen MR) is 114 cm³/mol. The van der Waals surface area contributed by atoms with E-state index in [0.717, 1.165) is 53.8 Å². The molecule has 1 aromatic carbocycles. The van der Waals surface area contributed by atoms with Crippen LogP contribution >= 0.6 is 0 Å². The number of rotatable bonds is 4. The van der Waals surface area contributed by atoms with Gasteiger partial charge in [-0.3, -0.25) is 4.79 Å². The number of likely N-dealkylation sites (tertiary alicyclic amines) is 1. The summed E-state index contributed by atoms with van der Waals surface area (Å²) in [5, 5.41) is 4.84. The number of amides is 1. The molecule has 0 radical (unpaired) electrons. The van der Waals surface area contributed by atoms with E-state index in [1.54, 1.807) is 6.08 Å². The zero-order valence-electron chi connectivity index (χ0n) is 16.6. The molecule has 1 aliphatic heterocycles. The molecule has 3 heterocycles. The zero-order valence-corrected chi connectivity index (χ0v) is 16.6. The molecule has 4 nitrogen and oxygen atoms in total. The number of nitrogens with zero attached hydrogens (tertiary/aromatic N) is 3. The molecule has 4 rings (SSSR count). The maximum absolute atomic E-state index is 12.9. The summed E-state index contributed by atoms with van der Waals surface area (Å²) in [6, 6.07) is 16.7. The highest BCUT2D eigenvalue weighted by atomic mass is 16.2. The van der Waals surface area contributed by atoms with Gasteiger partial charge < -0.3 is 4.90 Å². The van der Waals surface area contributed by atoms with Gasteiger partial charge in [-0.1, -0.05) is 43.3 Å². The van der Waals surface area contributed by atoms with Crippen molar-refractivity contribution in [2.75, 3.05) is 6.54 Å². The molecule has 0 aliphatic carbocycles. The van der Waals surface area contributed by atoms with Crippen LogP contribution in [0.3, 0.4) is 0 Å². The van der Waals surface area contributed by atoms with Crippen molar-refractivity contribution >= 4 is 17.5 Å². The normalized spacial score (nSPS) is 17.5. The summed E-state index contributed by atoms with van der Waals surface area (Å²) < 4.78 is 1.96. The van der Waals surface area contributed by atoms with E-state index < -0.39 is 0 Å². The van der Waals surface area contributed by atoms with Gasteiger partial charge in [-0.15, -0.1) is 0 Å². The second kappa shape index (κ2) is 8.01. The molecule has 0 N–H and O–H groups in total. The van der Waals surface area contributed by atoms with Gasteiger partial charge in [0.1, 0.15) is 5.69 Å². The first-order chi connectivity index (χ1) is 13.7. The Morgan fingerprint density at radius 1 is 1.14 bits per heavy atom. The first-order valence-electron chi connectivity index (χ1n) is 10.2. The maximum Gasteiger partial charge on any atom is 0.246 e. The van der Waals surface area contributed by atoms with Crippen molar-refractivity contribution in [3.8, 4) is 11.3 Å². The monoisotopic (exact) mass is 373 g/mol. The fourth-order valence-electron chi connectivity index (χ4n) is 4.16. The van der Waals surface area contributed by atoms with Crippen molar-refractivity contribution in [1.82, 2.24) is 14.5 Å². The number of benzene rings is 1. The fraction of sp³-hybridized carbons (Fsp3) is 0.333. The molecule has 0 spiro atoms. The Balaban J connectivity index is 1.74. The molecule has 0 saturated carbocycles. The van der Waals surface area contributed by atoms with Crippen LogP contribution in [-0.2, 0) is 4.79 Å². The number of piperidine rings is 1. The third kappa shape index (κ3) is 3.47. The van der Waals surface area contributed by atoms with Crippen molar-refractivity contribution in [2.24, 2.45) is 0 Å². The molecule has 1 saturated heterocycles. The van der Waals surface area contributed by atoms with Crippen LogP contribution in [0.5, 0.6) is 0 Å². The van der Waals surface area contributed by atoms with E-state index in [1.165, 1.54) is 6.42 Å². The van der Waals surface area contributed by atoms with Gasteiger partial charge in [-0.2, -0.15) is 5.10 Å². The van der Waals surface area contributed by atoms with E-state index in [0.29, 0.717) is 6.04 Å². The van der Waals surface area contributed by atoms with Gasteiger partial charge in [0.2, 0.25) is 5.91 Å². The van der Waals surface area contributed by atoms with E-state index in [2.05, 4.69) is 25.1 Å². The molecule has 1 aliphatic rings. The highest BCUT2D eigenvalue weighted by molar-refractivity contribution is 5.95. The van der Waals surface area contributed by atoms with Gasteiger partial charge in [-0.05, 0) is 50.8 Å². The third-order valence-corrected chi connectivity index (χ3v) is 5.71. The first-order valence-corrected chi connectivity index (χ1v) is 10.2. The predicted octanol–water partition coefficient (Wildman–Crippen LogP) is 5.11. The topological polar surface area (TPSA) is 37.6 Å². The lowest BCUT2D eigenvalue weighted by Crippen LogP contribution is -2.42. The Bertz CT molecular complexity index is 1000. The molecule has 1 amide bonds. The SMILES string of the molecule is CCC1CCCCN1C(=O)C=Cc1c(-c2ccccc2)nn2c(C)cccc12. The van der Waals surface area contributed by atoms with Crippen molar-refractivity contribution in [3.05, 3.63) is 65.9 Å². The first kappa shape index (κ1) is 18.5. The lowest BCUT2D eigenvalue weighted by atomic mass is 9.99. The number of carbonyl (C=O) groups is 1. The van der Waals surface area contributed by atoms with Crippen molar-refractivity contribution in [2.45, 2.75) is 45.6 Å². The van der Waals surface area contributed by atoms with Gasteiger partial charge in [0.05, 0.1) is 5.52 Å². The zero-order chi connectivity index (χ0) is 19.5. The van der Waals surface area contributed by atoms with Gasteiger partial charge in [0.15, 0.2) is 0 Å². The van der Waals surface area contributed by atoms with Crippen molar-refractivity contribution in [3.63, 3.8) is 0 Å². The fourth-order valence-corrected chi connectivity index (χ4v) is 4.16. The molecule has 0 bridgehead atoms. The molecule has 1 atom stereocenters. The maximum atomic E-state index is 12.9. The number of pyridine rings is 1. The summed E-state index contributed by atoms with van der Waals surface area (Å²) in [7, 11) is 0. The van der Waals surface area contributed by atoms with E-state index in [-0.39, 0.29) is 5.91 Å². The summed E-state index contributed by atoms with van der Waals surface area (Å²) in [5.74, 6) is 0.109. The number of fused-ring (bicyclic) bond motifs is 1. The van der Waals surface area contributed by atoms with Crippen LogP contribution in [0.25, 0.3) is 22.9 Å². The standard InChI is InChI=1S/C24H27N3O/c1-3-20-13-7-8-17-26(20)23(28)16-15-21-22-14-9-10-18(2)27(22)25-24(21)19-11-5-4-6-12-19/h4-6,9-12,14-16,20H,3,7-8,13,17H2,1-2H3. The molecule has 3 aromatic rings. The van der Waals surface area contributed by atoms with Crippen LogP contribution in [0.1, 0.15) is 43.9 Å². The van der Waals surface area contributed by atoms with E-state index in [4.69, 9.17) is 5.10 Å². The number of carbonyl (C=O) groups excluding carboxylic acids is 1. The summed E-state index contributed by atoms with van der Waals surface area (Å²) >= 11 is 0. The number of hydrogen-bond donors (Lipinski definition) is 0. The average Bonchev–Trinajstić information content (AvgIpc) is 3.12. The second-order valence-corrected chi connectivity index (χ2v) is 7.52. The molecule has 144 valence electrons. The van der Waals surface area contributed by atoms with Gasteiger partial charge in [0, 0.05) is 35.5 Å². The number of aryl methyl sites for hydroxylation is 1. The lowest BCUT2D eigenvalue weighted by molar-refractivity contribution is -0.129. The smallest absolute Gasteiger partial charge is 0.246 e. The van der Waals surface area contributed by atoms with Gasteiger partial charge in [-0.25, -0.2) is 4.52 Å². The Labute approximate surface area is 166 Å². The molecule has 1 fully saturated rings. The van der Waals surface area contributed by atoms with Gasteiger partial charge >= 0.3 is 0 Å². The summed E-state index contributed by atoms with van der Waals surface area (Å²) in [6.07, 6.45) is 8.14. The van der Waals surface area contributed by atoms with E-state index in [9.17, 15) is 4.79 Å². The second-order valence-electron chi connectivity index (χ2n) is 7.52. The van der Waals surface area contributed by atoms with Crippen LogP contribution in [0.4, 0.5) is 0 Å². The molecule has 1 unspecified atom stereocenters.